The van der Waals surface area contributed by atoms with E-state index in [-0.39, 0.29) is 19.4 Å². The molecule has 1 fully saturated rings. The van der Waals surface area contributed by atoms with Gasteiger partial charge in [-0.25, -0.2) is 0 Å². The summed E-state index contributed by atoms with van der Waals surface area (Å²) >= 11 is 0. The number of carbonyl (C=O) groups excluding carboxylic acids is 2. The zero-order valence-electron chi connectivity index (χ0n) is 38.3. The molecule has 0 amide bonds. The van der Waals surface area contributed by atoms with Crippen LogP contribution in [0.4, 0.5) is 0 Å². The fraction of sp³-hybridized carbons (Fsp3) is 0.569. The van der Waals surface area contributed by atoms with E-state index in [4.69, 9.17) is 18.9 Å². The first-order chi connectivity index (χ1) is 31.0. The van der Waals surface area contributed by atoms with E-state index in [1.807, 2.05) is 30.4 Å². The molecule has 2 unspecified atom stereocenters. The fourth-order valence-corrected chi connectivity index (χ4v) is 6.68. The van der Waals surface area contributed by atoms with E-state index in [1.54, 1.807) is 0 Å². The maximum Gasteiger partial charge on any atom is 0.306 e. The monoisotopic (exact) mass is 915 g/mol. The molecule has 1 aliphatic rings. The average molecular weight is 915 g/mol. The van der Waals surface area contributed by atoms with Gasteiger partial charge in [0.1, 0.15) is 36.8 Å². The van der Waals surface area contributed by atoms with E-state index >= 15 is 0 Å². The van der Waals surface area contributed by atoms with Crippen molar-refractivity contribution in [2.75, 3.05) is 19.0 Å². The van der Waals surface area contributed by atoms with Crippen LogP contribution in [0.2, 0.25) is 0 Å². The lowest BCUT2D eigenvalue weighted by atomic mass is 10.00. The zero-order valence-corrected chi connectivity index (χ0v) is 39.1. The molecule has 1 aliphatic heterocycles. The third-order valence-corrected chi connectivity index (χ3v) is 10.3. The topological polar surface area (TPSA) is 186 Å². The molecule has 360 valence electrons. The van der Waals surface area contributed by atoms with Crippen molar-refractivity contribution < 1.29 is 56.8 Å². The van der Waals surface area contributed by atoms with Crippen molar-refractivity contribution in [2.24, 2.45) is 0 Å². The number of aliphatic hydroxyl groups excluding tert-OH is 3. The highest BCUT2D eigenvalue weighted by atomic mass is 32.2. The number of hydrogen-bond acceptors (Lipinski definition) is 11. The lowest BCUT2D eigenvalue weighted by molar-refractivity contribution is -0.297. The second kappa shape index (κ2) is 39.4. The fourth-order valence-electron chi connectivity index (χ4n) is 5.99. The van der Waals surface area contributed by atoms with Gasteiger partial charge in [0, 0.05) is 12.8 Å². The standard InChI is InChI=1S/C51H78O12S/c1-3-5-7-9-11-13-15-17-19-21-22-24-26-28-30-32-34-36-38-40-47(53)62-44(42-61-51-50(56)49(55)48(54)45(63-51)43-64(57,58)59)41-60-46(52)39-37-35-33-31-29-27-25-23-20-18-16-14-12-10-8-6-4-2/h5,7,11-14,17-20,22,24-25,27-28,30-31,33-34,36,44-45,48-51,54-56H,3-4,6,8-10,15-16,21,23,26,29,32,35,37-43H2,1-2H3,(H,57,58,59)/b7-5+,13-11+,14-12+,19-17+,20-18+,24-22+,27-25+,30-28+,33-31+,36-34+/t44-,45-,48-,49?,50?,51+/m1/s1. The SMILES string of the molecule is CC/C=C/C/C=C/C/C=C/C/C=C/C/C=C/C/C=C/CCC(=O)O[C@H](COC(=O)CCC/C=C/C/C=C/C/C=C/C/C=C/CCCCC)CO[C@H]1O[C@H](CS(=O)(=O)O)[C@@H](O)C(O)C1O. The third-order valence-electron chi connectivity index (χ3n) is 9.54. The number of unbranched alkanes of at least 4 members (excludes halogenated alkanes) is 4. The summed E-state index contributed by atoms with van der Waals surface area (Å²) in [5, 5.41) is 30.9. The van der Waals surface area contributed by atoms with E-state index < -0.39 is 71.2 Å². The molecule has 0 bridgehead atoms. The summed E-state index contributed by atoms with van der Waals surface area (Å²) < 4.78 is 53.9. The van der Waals surface area contributed by atoms with Crippen molar-refractivity contribution in [3.8, 4) is 0 Å². The maximum atomic E-state index is 12.8. The summed E-state index contributed by atoms with van der Waals surface area (Å²) in [6, 6.07) is 0. The largest absolute Gasteiger partial charge is 0.462 e. The Labute approximate surface area is 384 Å². The molecule has 64 heavy (non-hydrogen) atoms. The first-order valence-corrected chi connectivity index (χ1v) is 24.7. The van der Waals surface area contributed by atoms with Crippen LogP contribution in [0.5, 0.6) is 0 Å². The Balaban J connectivity index is 2.55. The summed E-state index contributed by atoms with van der Waals surface area (Å²) in [4.78, 5) is 25.4. The minimum atomic E-state index is -4.63. The molecule has 0 aromatic rings. The molecular formula is C51H78O12S. The van der Waals surface area contributed by atoms with Gasteiger partial charge in [-0.2, -0.15) is 8.42 Å². The van der Waals surface area contributed by atoms with E-state index in [2.05, 4.69) is 105 Å². The number of carbonyl (C=O) groups is 2. The summed E-state index contributed by atoms with van der Waals surface area (Å²) in [5.74, 6) is -2.19. The van der Waals surface area contributed by atoms with Gasteiger partial charge < -0.3 is 34.3 Å². The molecule has 0 spiro atoms. The second-order valence-electron chi connectivity index (χ2n) is 15.3. The molecule has 12 nitrogen and oxygen atoms in total. The van der Waals surface area contributed by atoms with Crippen LogP contribution in [0, 0.1) is 0 Å². The Morgan fingerprint density at radius 2 is 1.00 bits per heavy atom. The minimum Gasteiger partial charge on any atom is -0.462 e. The van der Waals surface area contributed by atoms with E-state index in [0.717, 1.165) is 57.8 Å². The highest BCUT2D eigenvalue weighted by Gasteiger charge is 2.46. The van der Waals surface area contributed by atoms with Gasteiger partial charge in [-0.15, -0.1) is 0 Å². The molecule has 1 saturated heterocycles. The maximum absolute atomic E-state index is 12.8. The number of esters is 2. The summed E-state index contributed by atoms with van der Waals surface area (Å²) in [6.45, 7) is 3.49. The van der Waals surface area contributed by atoms with Crippen LogP contribution in [-0.4, -0.2) is 96.0 Å². The lowest BCUT2D eigenvalue weighted by Crippen LogP contribution is -2.60. The number of hydrogen-bond donors (Lipinski definition) is 4. The summed E-state index contributed by atoms with van der Waals surface area (Å²) in [5.41, 5.74) is 0. The highest BCUT2D eigenvalue weighted by Crippen LogP contribution is 2.23. The first kappa shape index (κ1) is 58.1. The molecule has 1 rings (SSSR count). The molecule has 0 radical (unpaired) electrons. The van der Waals surface area contributed by atoms with Crippen LogP contribution < -0.4 is 0 Å². The van der Waals surface area contributed by atoms with Crippen molar-refractivity contribution in [1.82, 2.24) is 0 Å². The van der Waals surface area contributed by atoms with Gasteiger partial charge in [0.2, 0.25) is 0 Å². The number of rotatable bonds is 36. The Morgan fingerprint density at radius 1 is 0.547 bits per heavy atom. The Hall–Kier alpha value is -3.95. The molecular weight excluding hydrogens is 837 g/mol. The van der Waals surface area contributed by atoms with Crippen molar-refractivity contribution >= 4 is 22.1 Å². The van der Waals surface area contributed by atoms with Gasteiger partial charge in [-0.1, -0.05) is 148 Å². The third kappa shape index (κ3) is 33.5. The highest BCUT2D eigenvalue weighted by molar-refractivity contribution is 7.85. The molecule has 4 N–H and O–H groups in total. The smallest absolute Gasteiger partial charge is 0.306 e. The van der Waals surface area contributed by atoms with Crippen LogP contribution in [0.1, 0.15) is 129 Å². The zero-order chi connectivity index (χ0) is 46.9. The number of ether oxygens (including phenoxy) is 4. The van der Waals surface area contributed by atoms with Gasteiger partial charge in [0.05, 0.1) is 6.61 Å². The Bertz CT molecular complexity index is 1640. The molecule has 6 atom stereocenters. The van der Waals surface area contributed by atoms with Crippen LogP contribution in [-0.2, 0) is 38.7 Å². The van der Waals surface area contributed by atoms with Crippen LogP contribution in [0.25, 0.3) is 0 Å². The van der Waals surface area contributed by atoms with Crippen molar-refractivity contribution in [3.05, 3.63) is 122 Å². The molecule has 13 heteroatoms. The van der Waals surface area contributed by atoms with Crippen molar-refractivity contribution in [1.29, 1.82) is 0 Å². The predicted octanol–water partition coefficient (Wildman–Crippen LogP) is 9.78. The van der Waals surface area contributed by atoms with Crippen molar-refractivity contribution in [3.63, 3.8) is 0 Å². The van der Waals surface area contributed by atoms with Gasteiger partial charge in [-0.3, -0.25) is 14.1 Å². The van der Waals surface area contributed by atoms with Crippen LogP contribution >= 0.6 is 0 Å². The van der Waals surface area contributed by atoms with E-state index in [9.17, 15) is 37.9 Å². The first-order valence-electron chi connectivity index (χ1n) is 23.1. The Kier molecular flexibility index (Phi) is 35.8. The molecule has 0 aromatic heterocycles. The van der Waals surface area contributed by atoms with Gasteiger partial charge in [0.25, 0.3) is 10.1 Å². The van der Waals surface area contributed by atoms with Crippen LogP contribution in [0.15, 0.2) is 122 Å². The lowest BCUT2D eigenvalue weighted by Gasteiger charge is -2.40. The average Bonchev–Trinajstić information content (AvgIpc) is 3.26. The molecule has 0 aromatic carbocycles. The van der Waals surface area contributed by atoms with Crippen LogP contribution in [0.3, 0.4) is 0 Å². The summed E-state index contributed by atoms with van der Waals surface area (Å²) in [7, 11) is -4.63. The second-order valence-corrected chi connectivity index (χ2v) is 16.8. The number of allylic oxidation sites excluding steroid dienone is 20. The quantitative estimate of drug-likeness (QED) is 0.0202. The normalized spacial score (nSPS) is 20.8. The van der Waals surface area contributed by atoms with E-state index in [0.29, 0.717) is 25.7 Å². The molecule has 1 heterocycles. The molecule has 0 saturated carbocycles. The van der Waals surface area contributed by atoms with Crippen molar-refractivity contribution in [2.45, 2.75) is 166 Å². The van der Waals surface area contributed by atoms with Gasteiger partial charge >= 0.3 is 11.9 Å². The van der Waals surface area contributed by atoms with E-state index in [1.165, 1.54) is 19.3 Å². The number of aliphatic hydroxyl groups is 3. The Morgan fingerprint density at radius 3 is 1.47 bits per heavy atom. The van der Waals surface area contributed by atoms with Gasteiger partial charge in [-0.05, 0) is 89.9 Å². The minimum absolute atomic E-state index is 0.0194. The predicted molar refractivity (Wildman–Crippen MR) is 256 cm³/mol. The molecule has 0 aliphatic carbocycles. The summed E-state index contributed by atoms with van der Waals surface area (Å²) in [6.07, 6.45) is 46.9. The van der Waals surface area contributed by atoms with Gasteiger partial charge in [0.15, 0.2) is 12.4 Å².